The average Bonchev–Trinajstić information content (AvgIpc) is 3.43. The molecule has 0 heterocycles. The number of phosphoric ester groups is 2. The highest BCUT2D eigenvalue weighted by molar-refractivity contribution is 7.46. The average molecular weight is 1160 g/mol. The van der Waals surface area contributed by atoms with Gasteiger partial charge in [0.1, 0.15) is 0 Å². The van der Waals surface area contributed by atoms with Crippen molar-refractivity contribution in [2.75, 3.05) is 68.2 Å². The van der Waals surface area contributed by atoms with Crippen LogP contribution >= 0.6 is 15.6 Å². The quantitative estimate of drug-likeness (QED) is 0.0456. The van der Waals surface area contributed by atoms with Crippen LogP contribution < -0.4 is 19.6 Å². The Morgan fingerprint density at radius 2 is 0.385 bits per heavy atom. The van der Waals surface area contributed by atoms with E-state index in [0.29, 0.717) is 0 Å². The molecule has 12 heteroatoms. The highest BCUT2D eigenvalue weighted by atomic mass is 31.2. The van der Waals surface area contributed by atoms with Crippen molar-refractivity contribution in [2.45, 2.75) is 363 Å². The molecule has 0 bridgehead atoms. The first kappa shape index (κ1) is 86.9. The van der Waals surface area contributed by atoms with E-state index < -0.39 is 15.6 Å². The van der Waals surface area contributed by atoms with Crippen LogP contribution in [-0.2, 0) is 27.2 Å². The molecule has 0 fully saturated rings. The van der Waals surface area contributed by atoms with Gasteiger partial charge in [-0.05, 0) is 64.2 Å². The molecule has 0 saturated carbocycles. The van der Waals surface area contributed by atoms with Crippen LogP contribution in [0.5, 0.6) is 0 Å². The van der Waals surface area contributed by atoms with Crippen molar-refractivity contribution >= 4 is 15.6 Å². The van der Waals surface area contributed by atoms with Crippen molar-refractivity contribution in [3.05, 3.63) is 0 Å². The predicted octanol–water partition coefficient (Wildman–Crippen LogP) is 19.1. The summed E-state index contributed by atoms with van der Waals surface area (Å²) in [5.74, 6) is 0. The maximum atomic E-state index is 9.95. The fourth-order valence-electron chi connectivity index (χ4n) is 10.1. The Hall–Kier alpha value is 0.140. The maximum absolute atomic E-state index is 9.95. The second kappa shape index (κ2) is 75.2. The van der Waals surface area contributed by atoms with Crippen molar-refractivity contribution in [3.63, 3.8) is 0 Å². The Balaban J connectivity index is -0.000000360. The van der Waals surface area contributed by atoms with Crippen molar-refractivity contribution in [2.24, 2.45) is 0 Å². The number of rotatable bonds is 59. The first-order valence-corrected chi connectivity index (χ1v) is 36.8. The molecule has 0 radical (unpaired) electrons. The molecule has 0 aliphatic heterocycles. The van der Waals surface area contributed by atoms with Gasteiger partial charge in [0.25, 0.3) is 15.6 Å². The van der Waals surface area contributed by atoms with Gasteiger partial charge in [0, 0.05) is 28.4 Å². The number of phosphoric acid groups is 2. The van der Waals surface area contributed by atoms with E-state index >= 15 is 0 Å². The normalized spacial score (nSPS) is 11.5. The lowest BCUT2D eigenvalue weighted by Gasteiger charge is -2.20. The van der Waals surface area contributed by atoms with Crippen LogP contribution in [-0.4, -0.2) is 68.2 Å². The Kier molecular flexibility index (Phi) is 83.7. The number of hydrogen-bond acceptors (Lipinski definition) is 8. The third-order valence-corrected chi connectivity index (χ3v) is 17.2. The topological polar surface area (TPSA) is 126 Å². The second-order valence-corrected chi connectivity index (χ2v) is 26.2. The molecule has 0 aromatic carbocycles. The van der Waals surface area contributed by atoms with Gasteiger partial charge in [-0.25, -0.2) is 0 Å². The van der Waals surface area contributed by atoms with Crippen LogP contribution in [0.25, 0.3) is 0 Å². The standard InChI is InChI=1S/C31H65N.C30H63N.2C2H7O4P.CH4/c1-4-6-8-10-12-14-16-18-20-22-24-26-28-30-32(3)31-29-27-25-23-21-19-17-15-13-11-9-7-5-2;1-4-7-10-13-16-19-22-25-28-31(29-26-23-20-17-14-11-8-5-2)30-27-24-21-18-15-12-9-6-3;2*1-5-7(3,4)6-2;/h4-31H2,1-3H3;4-30H2,1-3H3;2*1-2H3,(H,3,4);1H4. The van der Waals surface area contributed by atoms with Gasteiger partial charge < -0.3 is 37.7 Å². The van der Waals surface area contributed by atoms with Crippen LogP contribution in [0.3, 0.4) is 0 Å². The summed E-state index contributed by atoms with van der Waals surface area (Å²) in [6, 6.07) is 0. The smallest absolute Gasteiger partial charge is 0.267 e. The van der Waals surface area contributed by atoms with Gasteiger partial charge in [-0.2, -0.15) is 0 Å². The largest absolute Gasteiger partial charge is 0.756 e. The van der Waals surface area contributed by atoms with Gasteiger partial charge in [0.15, 0.2) is 0 Å². The SMILES string of the molecule is C.CCCCCCCCCCCCCCC[NH+](C)CCCCCCCCCCCCCCC.CCCCCCCCCC[NH+](CCCCCCCCCC)CCCCCCCCCC.COP(=O)([O-])OC.COP(=O)([O-])OC. The Morgan fingerprint density at radius 3 is 0.513 bits per heavy atom. The molecule has 0 aliphatic carbocycles. The summed E-state index contributed by atoms with van der Waals surface area (Å²) < 4.78 is 35.4. The fraction of sp³-hybridized carbons (Fsp3) is 1.00. The van der Waals surface area contributed by atoms with Gasteiger partial charge >= 0.3 is 0 Å². The second-order valence-electron chi connectivity index (χ2n) is 23.0. The third kappa shape index (κ3) is 82.6. The van der Waals surface area contributed by atoms with Gasteiger partial charge in [-0.1, -0.05) is 299 Å². The molecule has 0 rings (SSSR count). The van der Waals surface area contributed by atoms with Crippen molar-refractivity contribution < 1.29 is 46.8 Å². The zero-order chi connectivity index (χ0) is 57.9. The molecular formula is C66H146N2O8P2. The zero-order valence-electron chi connectivity index (χ0n) is 54.1. The van der Waals surface area contributed by atoms with Gasteiger partial charge in [0.05, 0.1) is 39.8 Å². The molecule has 0 unspecified atom stereocenters. The van der Waals surface area contributed by atoms with Crippen LogP contribution in [0.15, 0.2) is 0 Å². The molecular weight excluding hydrogens is 1010 g/mol. The number of nitrogens with one attached hydrogen (secondary N) is 2. The summed E-state index contributed by atoms with van der Waals surface area (Å²) in [4.78, 5) is 23.6. The summed E-state index contributed by atoms with van der Waals surface area (Å²) in [6.45, 7) is 18.7. The molecule has 0 saturated heterocycles. The van der Waals surface area contributed by atoms with Gasteiger partial charge in [-0.3, -0.25) is 9.13 Å². The van der Waals surface area contributed by atoms with Crippen LogP contribution in [0.2, 0.25) is 0 Å². The minimum absolute atomic E-state index is 0. The molecule has 0 aliphatic rings. The minimum atomic E-state index is -3.90. The number of unbranched alkanes of at least 4 members (excludes halogenated alkanes) is 45. The summed E-state index contributed by atoms with van der Waals surface area (Å²) in [7, 11) is -1.24. The molecule has 78 heavy (non-hydrogen) atoms. The van der Waals surface area contributed by atoms with E-state index in [1.54, 1.807) is 4.90 Å². The van der Waals surface area contributed by atoms with E-state index in [1.165, 1.54) is 354 Å². The van der Waals surface area contributed by atoms with Crippen LogP contribution in [0, 0.1) is 0 Å². The summed E-state index contributed by atoms with van der Waals surface area (Å²) in [5, 5.41) is 0. The van der Waals surface area contributed by atoms with E-state index in [2.05, 4.69) is 59.8 Å². The van der Waals surface area contributed by atoms with E-state index in [4.69, 9.17) is 0 Å². The first-order chi connectivity index (χ1) is 37.4. The van der Waals surface area contributed by atoms with Crippen LogP contribution in [0.4, 0.5) is 0 Å². The third-order valence-electron chi connectivity index (χ3n) is 15.5. The van der Waals surface area contributed by atoms with Crippen molar-refractivity contribution in [1.82, 2.24) is 0 Å². The Bertz CT molecular complexity index is 1020. The maximum Gasteiger partial charge on any atom is 0.267 e. The molecule has 0 spiro atoms. The number of hydrogen-bond donors (Lipinski definition) is 2. The molecule has 0 aromatic heterocycles. The van der Waals surface area contributed by atoms with E-state index in [9.17, 15) is 18.9 Å². The van der Waals surface area contributed by atoms with E-state index in [0.717, 1.165) is 28.4 Å². The predicted molar refractivity (Wildman–Crippen MR) is 341 cm³/mol. The highest BCUT2D eigenvalue weighted by Crippen LogP contribution is 2.35. The molecule has 478 valence electrons. The molecule has 2 N–H and O–H groups in total. The highest BCUT2D eigenvalue weighted by Gasteiger charge is 2.09. The molecule has 0 aromatic rings. The number of quaternary nitrogens is 2. The Labute approximate surface area is 491 Å². The first-order valence-electron chi connectivity index (χ1n) is 33.9. The lowest BCUT2D eigenvalue weighted by Crippen LogP contribution is -3.12. The van der Waals surface area contributed by atoms with Gasteiger partial charge in [0.2, 0.25) is 0 Å². The molecule has 0 atom stereocenters. The molecule has 0 amide bonds. The lowest BCUT2D eigenvalue weighted by molar-refractivity contribution is -0.900. The fourth-order valence-corrected chi connectivity index (χ4v) is 10.4. The van der Waals surface area contributed by atoms with E-state index in [1.807, 2.05) is 4.90 Å². The van der Waals surface area contributed by atoms with Crippen molar-refractivity contribution in [3.8, 4) is 0 Å². The van der Waals surface area contributed by atoms with Crippen molar-refractivity contribution in [1.29, 1.82) is 0 Å². The monoisotopic (exact) mass is 1160 g/mol. The van der Waals surface area contributed by atoms with Gasteiger partial charge in [-0.15, -0.1) is 0 Å². The lowest BCUT2D eigenvalue weighted by atomic mass is 10.0. The molecule has 10 nitrogen and oxygen atoms in total. The minimum Gasteiger partial charge on any atom is -0.756 e. The Morgan fingerprint density at radius 1 is 0.256 bits per heavy atom. The summed E-state index contributed by atoms with van der Waals surface area (Å²) >= 11 is 0. The summed E-state index contributed by atoms with van der Waals surface area (Å²) in [6.07, 6.45) is 73.0. The van der Waals surface area contributed by atoms with Crippen LogP contribution in [0.1, 0.15) is 363 Å². The van der Waals surface area contributed by atoms with E-state index in [-0.39, 0.29) is 7.43 Å². The zero-order valence-corrected chi connectivity index (χ0v) is 55.8. The summed E-state index contributed by atoms with van der Waals surface area (Å²) in [5.41, 5.74) is 0.